The minimum atomic E-state index is -0.523. The predicted molar refractivity (Wildman–Crippen MR) is 94.4 cm³/mol. The van der Waals surface area contributed by atoms with Crippen molar-refractivity contribution in [2.75, 3.05) is 19.2 Å². The molecule has 2 aromatic carbocycles. The fraction of sp³-hybridized carbons (Fsp3) is 0.167. The Hall–Kier alpha value is -3.19. The molecule has 7 nitrogen and oxygen atoms in total. The zero-order valence-corrected chi connectivity index (χ0v) is 13.9. The third kappa shape index (κ3) is 5.43. The molecule has 0 aliphatic carbocycles. The van der Waals surface area contributed by atoms with E-state index in [1.54, 1.807) is 43.3 Å². The Morgan fingerprint density at radius 2 is 1.96 bits per heavy atom. The number of carbonyl (C=O) groups excluding carboxylic acids is 1. The maximum atomic E-state index is 12.0. The van der Waals surface area contributed by atoms with Gasteiger partial charge in [-0.1, -0.05) is 18.2 Å². The number of amides is 1. The summed E-state index contributed by atoms with van der Waals surface area (Å²) in [6.45, 7) is 1.91. The van der Waals surface area contributed by atoms with E-state index < -0.39 is 10.8 Å². The van der Waals surface area contributed by atoms with E-state index in [4.69, 9.17) is 9.47 Å². The molecule has 1 amide bonds. The molecule has 0 saturated heterocycles. The number of methoxy groups -OCH3 is 1. The number of nitrogens with one attached hydrogen (secondary N) is 1. The first-order valence-corrected chi connectivity index (χ1v) is 7.45. The second kappa shape index (κ2) is 8.60. The number of hydrogen-bond acceptors (Lipinski definition) is 5. The third-order valence-electron chi connectivity index (χ3n) is 3.26. The van der Waals surface area contributed by atoms with Crippen LogP contribution in [0.25, 0.3) is 6.08 Å². The molecule has 130 valence electrons. The average molecular weight is 342 g/mol. The number of aryl methyl sites for hydroxylation is 1. The summed E-state index contributed by atoms with van der Waals surface area (Å²) >= 11 is 0. The molecule has 2 rings (SSSR count). The quantitative estimate of drug-likeness (QED) is 0.360. The number of benzene rings is 2. The summed E-state index contributed by atoms with van der Waals surface area (Å²) in [6.07, 6.45) is 2.92. The van der Waals surface area contributed by atoms with E-state index in [0.29, 0.717) is 5.75 Å². The second-order valence-corrected chi connectivity index (χ2v) is 5.22. The van der Waals surface area contributed by atoms with Crippen LogP contribution in [0.15, 0.2) is 48.5 Å². The Balaban J connectivity index is 2.02. The fourth-order valence-electron chi connectivity index (χ4n) is 2.05. The highest BCUT2D eigenvalue weighted by atomic mass is 16.7. The number of nitro groups is 1. The van der Waals surface area contributed by atoms with Gasteiger partial charge in [-0.25, -0.2) is 0 Å². The minimum Gasteiger partial charge on any atom is -0.468 e. The molecule has 0 saturated carbocycles. The topological polar surface area (TPSA) is 90.7 Å². The van der Waals surface area contributed by atoms with Crippen LogP contribution in [0.2, 0.25) is 0 Å². The largest absolute Gasteiger partial charge is 0.468 e. The van der Waals surface area contributed by atoms with Gasteiger partial charge in [0.1, 0.15) is 11.4 Å². The van der Waals surface area contributed by atoms with E-state index in [9.17, 15) is 14.9 Å². The lowest BCUT2D eigenvalue weighted by Crippen LogP contribution is -2.09. The van der Waals surface area contributed by atoms with Crippen molar-refractivity contribution in [3.8, 4) is 5.75 Å². The van der Waals surface area contributed by atoms with Gasteiger partial charge in [0, 0.05) is 19.3 Å². The van der Waals surface area contributed by atoms with Crippen LogP contribution >= 0.6 is 0 Å². The molecule has 2 aromatic rings. The van der Waals surface area contributed by atoms with Crippen molar-refractivity contribution in [1.82, 2.24) is 0 Å². The monoisotopic (exact) mass is 342 g/mol. The third-order valence-corrected chi connectivity index (χ3v) is 3.26. The van der Waals surface area contributed by atoms with Crippen LogP contribution in [0.4, 0.5) is 11.4 Å². The number of ether oxygens (including phenoxy) is 2. The van der Waals surface area contributed by atoms with Gasteiger partial charge in [0.05, 0.1) is 4.92 Å². The van der Waals surface area contributed by atoms with Crippen LogP contribution in [0.1, 0.15) is 11.1 Å². The summed E-state index contributed by atoms with van der Waals surface area (Å²) in [4.78, 5) is 22.5. The van der Waals surface area contributed by atoms with Crippen LogP contribution in [0, 0.1) is 17.0 Å². The second-order valence-electron chi connectivity index (χ2n) is 5.22. The first-order chi connectivity index (χ1) is 12.0. The lowest BCUT2D eigenvalue weighted by Gasteiger charge is -2.05. The number of nitro benzene ring substituents is 1. The highest BCUT2D eigenvalue weighted by Crippen LogP contribution is 2.25. The Labute approximate surface area is 145 Å². The molecule has 25 heavy (non-hydrogen) atoms. The van der Waals surface area contributed by atoms with Crippen molar-refractivity contribution >= 4 is 23.4 Å². The minimum absolute atomic E-state index is 0.138. The number of nitrogens with zero attached hydrogens (tertiary/aromatic N) is 1. The Morgan fingerprint density at radius 1 is 1.24 bits per heavy atom. The van der Waals surface area contributed by atoms with Crippen molar-refractivity contribution < 1.29 is 19.2 Å². The smallest absolute Gasteiger partial charge is 0.293 e. The Kier molecular flexibility index (Phi) is 6.25. The van der Waals surface area contributed by atoms with Gasteiger partial charge in [0.2, 0.25) is 5.91 Å². The van der Waals surface area contributed by atoms with E-state index in [-0.39, 0.29) is 18.2 Å². The molecular formula is C18H18N2O5. The van der Waals surface area contributed by atoms with E-state index in [1.165, 1.54) is 25.3 Å². The van der Waals surface area contributed by atoms with E-state index in [2.05, 4.69) is 5.32 Å². The highest BCUT2D eigenvalue weighted by Gasteiger charge is 2.14. The number of anilines is 1. The first-order valence-electron chi connectivity index (χ1n) is 7.45. The van der Waals surface area contributed by atoms with E-state index >= 15 is 0 Å². The Morgan fingerprint density at radius 3 is 2.60 bits per heavy atom. The summed E-state index contributed by atoms with van der Waals surface area (Å²) in [5, 5.41) is 13.6. The molecule has 0 aliphatic heterocycles. The van der Waals surface area contributed by atoms with Gasteiger partial charge in [-0.05, 0) is 42.3 Å². The molecule has 0 unspecified atom stereocenters. The summed E-state index contributed by atoms with van der Waals surface area (Å²) in [6, 6.07) is 11.7. The number of rotatable bonds is 7. The van der Waals surface area contributed by atoms with Gasteiger partial charge in [-0.2, -0.15) is 0 Å². The highest BCUT2D eigenvalue weighted by molar-refractivity contribution is 6.03. The van der Waals surface area contributed by atoms with Crippen LogP contribution < -0.4 is 10.1 Å². The van der Waals surface area contributed by atoms with Crippen LogP contribution in [-0.2, 0) is 9.53 Å². The van der Waals surface area contributed by atoms with E-state index in [1.807, 2.05) is 0 Å². The zero-order chi connectivity index (χ0) is 18.2. The zero-order valence-electron chi connectivity index (χ0n) is 13.9. The summed E-state index contributed by atoms with van der Waals surface area (Å²) in [7, 11) is 1.54. The predicted octanol–water partition coefficient (Wildman–Crippen LogP) is 3.54. The average Bonchev–Trinajstić information content (AvgIpc) is 2.60. The first kappa shape index (κ1) is 18.2. The molecule has 0 fully saturated rings. The summed E-state index contributed by atoms with van der Waals surface area (Å²) < 4.78 is 10.1. The van der Waals surface area contributed by atoms with Crippen molar-refractivity contribution in [3.05, 3.63) is 69.8 Å². The molecule has 0 aromatic heterocycles. The van der Waals surface area contributed by atoms with Crippen molar-refractivity contribution in [2.45, 2.75) is 6.92 Å². The van der Waals surface area contributed by atoms with Crippen LogP contribution in [-0.4, -0.2) is 24.7 Å². The maximum absolute atomic E-state index is 12.0. The molecule has 0 atom stereocenters. The maximum Gasteiger partial charge on any atom is 0.293 e. The lowest BCUT2D eigenvalue weighted by atomic mass is 10.2. The van der Waals surface area contributed by atoms with Gasteiger partial charge < -0.3 is 14.8 Å². The van der Waals surface area contributed by atoms with Crippen LogP contribution in [0.5, 0.6) is 5.75 Å². The molecule has 0 bridgehead atoms. The molecule has 0 aliphatic rings. The molecule has 0 radical (unpaired) electrons. The van der Waals surface area contributed by atoms with Gasteiger partial charge >= 0.3 is 0 Å². The molecule has 7 heteroatoms. The lowest BCUT2D eigenvalue weighted by molar-refractivity contribution is -0.384. The van der Waals surface area contributed by atoms with E-state index in [0.717, 1.165) is 11.1 Å². The number of hydrogen-bond donors (Lipinski definition) is 1. The fourth-order valence-corrected chi connectivity index (χ4v) is 2.05. The van der Waals surface area contributed by atoms with Crippen molar-refractivity contribution in [2.24, 2.45) is 0 Å². The molecule has 0 spiro atoms. The molecule has 0 heterocycles. The van der Waals surface area contributed by atoms with Gasteiger partial charge in [-0.3, -0.25) is 14.9 Å². The van der Waals surface area contributed by atoms with Gasteiger partial charge in [0.25, 0.3) is 5.69 Å². The normalized spacial score (nSPS) is 10.6. The van der Waals surface area contributed by atoms with Crippen LogP contribution in [0.3, 0.4) is 0 Å². The Bertz CT molecular complexity index is 785. The standard InChI is InChI=1S/C18H18N2O5/c1-13-3-9-16(17(11-13)20(22)23)19-18(21)10-6-14-4-7-15(8-5-14)25-12-24-2/h3-11H,12H2,1-2H3,(H,19,21)/b10-6+. The molecular weight excluding hydrogens is 324 g/mol. The van der Waals surface area contributed by atoms with Crippen molar-refractivity contribution in [3.63, 3.8) is 0 Å². The number of carbonyl (C=O) groups is 1. The van der Waals surface area contributed by atoms with Gasteiger partial charge in [0.15, 0.2) is 6.79 Å². The van der Waals surface area contributed by atoms with Crippen molar-refractivity contribution in [1.29, 1.82) is 0 Å². The summed E-state index contributed by atoms with van der Waals surface area (Å²) in [5.74, 6) is 0.199. The summed E-state index contributed by atoms with van der Waals surface area (Å²) in [5.41, 5.74) is 1.56. The molecule has 1 N–H and O–H groups in total. The SMILES string of the molecule is COCOc1ccc(/C=C/C(=O)Nc2ccc(C)cc2[N+](=O)[O-])cc1. The van der Waals surface area contributed by atoms with Gasteiger partial charge in [-0.15, -0.1) is 0 Å².